The van der Waals surface area contributed by atoms with Gasteiger partial charge < -0.3 is 9.64 Å². The Hall–Kier alpha value is -2.16. The summed E-state index contributed by atoms with van der Waals surface area (Å²) in [5, 5.41) is 1.30. The molecule has 6 nitrogen and oxygen atoms in total. The summed E-state index contributed by atoms with van der Waals surface area (Å²) < 4.78 is 7.27. The summed E-state index contributed by atoms with van der Waals surface area (Å²) >= 11 is 2.93. The molecule has 0 bridgehead atoms. The van der Waals surface area contributed by atoms with Crippen molar-refractivity contribution in [2.75, 3.05) is 25.4 Å². The molecule has 1 aromatic carbocycles. The largest absolute Gasteiger partial charge is 0.375 e. The number of aryl methyl sites for hydroxylation is 3. The van der Waals surface area contributed by atoms with Gasteiger partial charge in [0, 0.05) is 18.0 Å². The van der Waals surface area contributed by atoms with Gasteiger partial charge in [0.05, 0.1) is 30.4 Å². The van der Waals surface area contributed by atoms with Crippen molar-refractivity contribution in [2.45, 2.75) is 51.9 Å². The lowest BCUT2D eigenvalue weighted by Gasteiger charge is -2.31. The van der Waals surface area contributed by atoms with Crippen LogP contribution in [0.1, 0.15) is 35.4 Å². The van der Waals surface area contributed by atoms with Crippen LogP contribution in [0.5, 0.6) is 0 Å². The maximum Gasteiger partial charge on any atom is 0.263 e. The number of aromatic nitrogens is 2. The zero-order valence-electron chi connectivity index (χ0n) is 19.0. The van der Waals surface area contributed by atoms with Crippen molar-refractivity contribution in [3.63, 3.8) is 0 Å². The normalized spacial score (nSPS) is 16.6. The molecular weight excluding hydrogens is 442 g/mol. The summed E-state index contributed by atoms with van der Waals surface area (Å²) in [5.74, 6) is 0.307. The Morgan fingerprint density at radius 3 is 2.72 bits per heavy atom. The van der Waals surface area contributed by atoms with Crippen molar-refractivity contribution >= 4 is 39.2 Å². The van der Waals surface area contributed by atoms with Crippen LogP contribution >= 0.6 is 23.1 Å². The summed E-state index contributed by atoms with van der Waals surface area (Å²) in [6.45, 7) is 10.3. The Morgan fingerprint density at radius 1 is 1.28 bits per heavy atom. The molecule has 1 fully saturated rings. The zero-order valence-corrected chi connectivity index (χ0v) is 20.6. The van der Waals surface area contributed by atoms with Gasteiger partial charge in [-0.05, 0) is 38.3 Å². The first kappa shape index (κ1) is 23.0. The molecule has 32 heavy (non-hydrogen) atoms. The number of ether oxygens (including phenoxy) is 1. The first-order chi connectivity index (χ1) is 15.4. The van der Waals surface area contributed by atoms with Crippen molar-refractivity contribution < 1.29 is 9.53 Å². The highest BCUT2D eigenvalue weighted by atomic mass is 32.2. The molecule has 1 saturated heterocycles. The van der Waals surface area contributed by atoms with Crippen LogP contribution in [0.4, 0.5) is 0 Å². The predicted octanol–water partition coefficient (Wildman–Crippen LogP) is 4.02. The van der Waals surface area contributed by atoms with Gasteiger partial charge in [0.1, 0.15) is 4.83 Å². The third-order valence-corrected chi connectivity index (χ3v) is 8.11. The molecule has 3 aromatic rings. The maximum atomic E-state index is 13.6. The van der Waals surface area contributed by atoms with Crippen molar-refractivity contribution in [1.29, 1.82) is 0 Å². The second-order valence-electron chi connectivity index (χ2n) is 8.27. The predicted molar refractivity (Wildman–Crippen MR) is 131 cm³/mol. The number of morpholine rings is 1. The number of thioether (sulfide) groups is 1. The van der Waals surface area contributed by atoms with Gasteiger partial charge in [-0.15, -0.1) is 11.3 Å². The van der Waals surface area contributed by atoms with E-state index in [4.69, 9.17) is 9.72 Å². The number of hydrogen-bond acceptors (Lipinski definition) is 6. The van der Waals surface area contributed by atoms with Crippen molar-refractivity contribution in [2.24, 2.45) is 0 Å². The SMILES string of the molecule is CCc1sc2nc(SCC(=O)N3CCOC(C)C3)n(Cc3ccc(C)cc3)c(=O)c2c1C. The minimum Gasteiger partial charge on any atom is -0.375 e. The molecule has 3 heterocycles. The molecule has 0 spiro atoms. The van der Waals surface area contributed by atoms with Gasteiger partial charge in [0.15, 0.2) is 5.16 Å². The van der Waals surface area contributed by atoms with Crippen LogP contribution in [0.2, 0.25) is 0 Å². The lowest BCUT2D eigenvalue weighted by atomic mass is 10.1. The van der Waals surface area contributed by atoms with E-state index in [1.54, 1.807) is 15.9 Å². The lowest BCUT2D eigenvalue weighted by molar-refractivity contribution is -0.135. The smallest absolute Gasteiger partial charge is 0.263 e. The number of hydrogen-bond donors (Lipinski definition) is 0. The van der Waals surface area contributed by atoms with Gasteiger partial charge in [-0.1, -0.05) is 48.5 Å². The molecule has 170 valence electrons. The maximum absolute atomic E-state index is 13.6. The Kier molecular flexibility index (Phi) is 7.02. The van der Waals surface area contributed by atoms with E-state index in [-0.39, 0.29) is 23.3 Å². The number of fused-ring (bicyclic) bond motifs is 1. The van der Waals surface area contributed by atoms with Crippen LogP contribution in [0.25, 0.3) is 10.2 Å². The molecule has 0 radical (unpaired) electrons. The standard InChI is InChI=1S/C24H29N3O3S2/c1-5-19-17(4)21-22(32-19)25-24(31-14-20(28)26-10-11-30-16(3)12-26)27(23(21)29)13-18-8-6-15(2)7-9-18/h6-9,16H,5,10-14H2,1-4H3. The highest BCUT2D eigenvalue weighted by Gasteiger charge is 2.23. The fourth-order valence-corrected chi connectivity index (χ4v) is 6.03. The summed E-state index contributed by atoms with van der Waals surface area (Å²) in [6, 6.07) is 8.18. The van der Waals surface area contributed by atoms with Crippen molar-refractivity contribution in [3.05, 3.63) is 56.2 Å². The van der Waals surface area contributed by atoms with E-state index >= 15 is 0 Å². The van der Waals surface area contributed by atoms with Crippen molar-refractivity contribution in [3.8, 4) is 0 Å². The monoisotopic (exact) mass is 471 g/mol. The second kappa shape index (κ2) is 9.77. The number of nitrogens with zero attached hydrogens (tertiary/aromatic N) is 3. The topological polar surface area (TPSA) is 64.4 Å². The molecule has 8 heteroatoms. The fraction of sp³-hybridized carbons (Fsp3) is 0.458. The second-order valence-corrected chi connectivity index (χ2v) is 10.3. The van der Waals surface area contributed by atoms with Crippen LogP contribution in [0.15, 0.2) is 34.2 Å². The van der Waals surface area contributed by atoms with Crippen LogP contribution in [-0.4, -0.2) is 51.9 Å². The number of amides is 1. The Bertz CT molecular complexity index is 1180. The number of rotatable bonds is 6. The summed E-state index contributed by atoms with van der Waals surface area (Å²) in [6.07, 6.45) is 0.925. The van der Waals surface area contributed by atoms with Crippen LogP contribution < -0.4 is 5.56 Å². The molecule has 1 amide bonds. The minimum atomic E-state index is -0.0287. The van der Waals surface area contributed by atoms with E-state index in [0.717, 1.165) is 22.4 Å². The highest BCUT2D eigenvalue weighted by molar-refractivity contribution is 7.99. The van der Waals surface area contributed by atoms with Gasteiger partial charge in [-0.2, -0.15) is 0 Å². The quantitative estimate of drug-likeness (QED) is 0.401. The molecule has 0 saturated carbocycles. The summed E-state index contributed by atoms with van der Waals surface area (Å²) in [5.41, 5.74) is 3.21. The number of benzene rings is 1. The van der Waals surface area contributed by atoms with E-state index in [2.05, 4.69) is 6.92 Å². The Balaban J connectivity index is 1.68. The molecule has 1 aliphatic heterocycles. The first-order valence-electron chi connectivity index (χ1n) is 11.0. The Morgan fingerprint density at radius 2 is 2.03 bits per heavy atom. The molecule has 1 atom stereocenters. The minimum absolute atomic E-state index is 0.0287. The van der Waals surface area contributed by atoms with Gasteiger partial charge in [0.25, 0.3) is 5.56 Å². The van der Waals surface area contributed by atoms with E-state index < -0.39 is 0 Å². The van der Waals surface area contributed by atoms with E-state index in [0.29, 0.717) is 36.8 Å². The highest BCUT2D eigenvalue weighted by Crippen LogP contribution is 2.30. The number of carbonyl (C=O) groups excluding carboxylic acids is 1. The third kappa shape index (κ3) is 4.77. The summed E-state index contributed by atoms with van der Waals surface area (Å²) in [7, 11) is 0. The van der Waals surface area contributed by atoms with Crippen LogP contribution in [-0.2, 0) is 22.5 Å². The van der Waals surface area contributed by atoms with Crippen LogP contribution in [0.3, 0.4) is 0 Å². The Labute approximate surface area is 196 Å². The van der Waals surface area contributed by atoms with Gasteiger partial charge >= 0.3 is 0 Å². The number of thiophene rings is 1. The molecule has 0 N–H and O–H groups in total. The average Bonchev–Trinajstić information content (AvgIpc) is 3.11. The molecule has 4 rings (SSSR count). The third-order valence-electron chi connectivity index (χ3n) is 5.82. The van der Waals surface area contributed by atoms with E-state index in [1.165, 1.54) is 22.2 Å². The van der Waals surface area contributed by atoms with Crippen LogP contribution in [0, 0.1) is 13.8 Å². The lowest BCUT2D eigenvalue weighted by Crippen LogP contribution is -2.45. The molecule has 2 aromatic heterocycles. The number of carbonyl (C=O) groups is 1. The fourth-order valence-electron chi connectivity index (χ4n) is 3.97. The van der Waals surface area contributed by atoms with E-state index in [1.807, 2.05) is 49.9 Å². The average molecular weight is 472 g/mol. The summed E-state index contributed by atoms with van der Waals surface area (Å²) in [4.78, 5) is 35.0. The zero-order chi connectivity index (χ0) is 22.8. The van der Waals surface area contributed by atoms with Crippen molar-refractivity contribution in [1.82, 2.24) is 14.5 Å². The molecule has 1 aliphatic rings. The van der Waals surface area contributed by atoms with Gasteiger partial charge in [-0.25, -0.2) is 4.98 Å². The molecular formula is C24H29N3O3S2. The molecule has 0 aliphatic carbocycles. The van der Waals surface area contributed by atoms with Gasteiger partial charge in [-0.3, -0.25) is 14.2 Å². The molecule has 1 unspecified atom stereocenters. The first-order valence-corrected chi connectivity index (χ1v) is 12.8. The van der Waals surface area contributed by atoms with E-state index in [9.17, 15) is 9.59 Å². The van der Waals surface area contributed by atoms with Gasteiger partial charge in [0.2, 0.25) is 5.91 Å².